The summed E-state index contributed by atoms with van der Waals surface area (Å²) in [4.78, 5) is 18.6. The first kappa shape index (κ1) is 15.7. The number of nitrogens with two attached hydrogens (primary N) is 1. The van der Waals surface area contributed by atoms with Crippen molar-refractivity contribution < 1.29 is 4.79 Å². The maximum absolute atomic E-state index is 12.4. The topological polar surface area (TPSA) is 59.2 Å². The Bertz CT molecular complexity index is 607. The van der Waals surface area contributed by atoms with Crippen molar-refractivity contribution >= 4 is 17.2 Å². The molecule has 1 aromatic carbocycles. The molecule has 2 N–H and O–H groups in total. The lowest BCUT2D eigenvalue weighted by atomic mass is 9.93. The van der Waals surface area contributed by atoms with Crippen LogP contribution in [0.3, 0.4) is 0 Å². The number of carbonyl (C=O) groups excluding carboxylic acids is 1. The number of carbonyl (C=O) groups is 1. The number of amides is 1. The van der Waals surface area contributed by atoms with Crippen LogP contribution in [0, 0.1) is 5.41 Å². The van der Waals surface area contributed by atoms with Crippen LogP contribution < -0.4 is 5.73 Å². The molecule has 21 heavy (non-hydrogen) atoms. The molecule has 0 radical (unpaired) electrons. The van der Waals surface area contributed by atoms with Gasteiger partial charge in [-0.3, -0.25) is 4.79 Å². The highest BCUT2D eigenvalue weighted by atomic mass is 32.1. The number of aromatic nitrogens is 1. The molecule has 0 spiro atoms. The van der Waals surface area contributed by atoms with E-state index >= 15 is 0 Å². The number of rotatable bonds is 5. The van der Waals surface area contributed by atoms with E-state index in [1.54, 1.807) is 11.9 Å². The SMILES string of the molecule is CN(CC(C)(C)CN)C(=O)c1csc(-c2ccccc2)n1. The molecule has 1 aromatic heterocycles. The summed E-state index contributed by atoms with van der Waals surface area (Å²) in [6, 6.07) is 9.89. The molecular weight excluding hydrogens is 282 g/mol. The zero-order valence-corrected chi connectivity index (χ0v) is 13.5. The van der Waals surface area contributed by atoms with E-state index in [-0.39, 0.29) is 11.3 Å². The van der Waals surface area contributed by atoms with Crippen molar-refractivity contribution in [3.63, 3.8) is 0 Å². The Hall–Kier alpha value is -1.72. The van der Waals surface area contributed by atoms with Gasteiger partial charge in [-0.25, -0.2) is 4.98 Å². The van der Waals surface area contributed by atoms with Gasteiger partial charge in [0.1, 0.15) is 10.7 Å². The van der Waals surface area contributed by atoms with Gasteiger partial charge in [-0.2, -0.15) is 0 Å². The molecule has 0 aliphatic rings. The van der Waals surface area contributed by atoms with Crippen LogP contribution in [0.2, 0.25) is 0 Å². The molecule has 0 saturated heterocycles. The van der Waals surface area contributed by atoms with E-state index in [1.165, 1.54) is 11.3 Å². The average Bonchev–Trinajstić information content (AvgIpc) is 2.96. The van der Waals surface area contributed by atoms with E-state index in [4.69, 9.17) is 5.73 Å². The van der Waals surface area contributed by atoms with Crippen LogP contribution in [-0.2, 0) is 0 Å². The Balaban J connectivity index is 2.12. The summed E-state index contributed by atoms with van der Waals surface area (Å²) in [5.74, 6) is -0.0602. The molecule has 0 saturated carbocycles. The monoisotopic (exact) mass is 303 g/mol. The van der Waals surface area contributed by atoms with Crippen LogP contribution in [-0.4, -0.2) is 35.9 Å². The van der Waals surface area contributed by atoms with E-state index in [2.05, 4.69) is 4.98 Å². The smallest absolute Gasteiger partial charge is 0.273 e. The third kappa shape index (κ3) is 3.89. The van der Waals surface area contributed by atoms with Crippen molar-refractivity contribution in [1.29, 1.82) is 0 Å². The molecule has 4 nitrogen and oxygen atoms in total. The zero-order valence-electron chi connectivity index (χ0n) is 12.7. The van der Waals surface area contributed by atoms with Crippen LogP contribution >= 0.6 is 11.3 Å². The Kier molecular flexibility index (Phi) is 4.75. The summed E-state index contributed by atoms with van der Waals surface area (Å²) >= 11 is 1.49. The highest BCUT2D eigenvalue weighted by Gasteiger charge is 2.23. The number of thiazole rings is 1. The van der Waals surface area contributed by atoms with Crippen molar-refractivity contribution in [2.75, 3.05) is 20.1 Å². The van der Waals surface area contributed by atoms with Gasteiger partial charge < -0.3 is 10.6 Å². The summed E-state index contributed by atoms with van der Waals surface area (Å²) < 4.78 is 0. The summed E-state index contributed by atoms with van der Waals surface area (Å²) in [6.45, 7) is 5.25. The molecule has 0 unspecified atom stereocenters. The standard InChI is InChI=1S/C16H21N3OS/c1-16(2,10-17)11-19(3)15(20)13-9-21-14(18-13)12-7-5-4-6-8-12/h4-9H,10-11,17H2,1-3H3. The van der Waals surface area contributed by atoms with E-state index in [9.17, 15) is 4.79 Å². The first-order chi connectivity index (χ1) is 9.93. The van der Waals surface area contributed by atoms with Gasteiger partial charge in [0, 0.05) is 24.5 Å². The Morgan fingerprint density at radius 1 is 1.33 bits per heavy atom. The van der Waals surface area contributed by atoms with Crippen molar-refractivity contribution in [1.82, 2.24) is 9.88 Å². The van der Waals surface area contributed by atoms with Crippen LogP contribution in [0.25, 0.3) is 10.6 Å². The van der Waals surface area contributed by atoms with E-state index in [0.29, 0.717) is 18.8 Å². The lowest BCUT2D eigenvalue weighted by Crippen LogP contribution is -2.39. The van der Waals surface area contributed by atoms with Gasteiger partial charge in [-0.05, 0) is 12.0 Å². The molecule has 0 aliphatic carbocycles. The Morgan fingerprint density at radius 2 is 2.00 bits per heavy atom. The normalized spacial score (nSPS) is 11.4. The fraction of sp³-hybridized carbons (Fsp3) is 0.375. The van der Waals surface area contributed by atoms with Crippen LogP contribution in [0.1, 0.15) is 24.3 Å². The minimum Gasteiger partial charge on any atom is -0.340 e. The molecule has 5 heteroatoms. The first-order valence-corrected chi connectivity index (χ1v) is 7.77. The molecule has 1 heterocycles. The molecule has 2 aromatic rings. The van der Waals surface area contributed by atoms with Crippen LogP contribution in [0.15, 0.2) is 35.7 Å². The predicted octanol–water partition coefficient (Wildman–Crippen LogP) is 2.87. The van der Waals surface area contributed by atoms with Crippen molar-refractivity contribution in [2.24, 2.45) is 11.1 Å². The molecule has 112 valence electrons. The van der Waals surface area contributed by atoms with E-state index < -0.39 is 0 Å². The van der Waals surface area contributed by atoms with Crippen LogP contribution in [0.5, 0.6) is 0 Å². The Morgan fingerprint density at radius 3 is 2.62 bits per heavy atom. The maximum Gasteiger partial charge on any atom is 0.273 e. The molecule has 0 bridgehead atoms. The molecular formula is C16H21N3OS. The fourth-order valence-electron chi connectivity index (χ4n) is 2.06. The third-order valence-electron chi connectivity index (χ3n) is 3.31. The molecule has 2 rings (SSSR count). The van der Waals surface area contributed by atoms with Crippen molar-refractivity contribution in [2.45, 2.75) is 13.8 Å². The molecule has 0 atom stereocenters. The molecule has 0 aliphatic heterocycles. The predicted molar refractivity (Wildman–Crippen MR) is 87.3 cm³/mol. The lowest BCUT2D eigenvalue weighted by Gasteiger charge is -2.28. The summed E-state index contributed by atoms with van der Waals surface area (Å²) in [5.41, 5.74) is 7.16. The summed E-state index contributed by atoms with van der Waals surface area (Å²) in [7, 11) is 1.79. The minimum atomic E-state index is -0.0946. The maximum atomic E-state index is 12.4. The lowest BCUT2D eigenvalue weighted by molar-refractivity contribution is 0.0735. The van der Waals surface area contributed by atoms with Gasteiger partial charge in [-0.1, -0.05) is 44.2 Å². The van der Waals surface area contributed by atoms with E-state index in [0.717, 1.165) is 10.6 Å². The zero-order chi connectivity index (χ0) is 15.5. The second-order valence-electron chi connectivity index (χ2n) is 5.93. The molecule has 0 fully saturated rings. The second kappa shape index (κ2) is 6.37. The minimum absolute atomic E-state index is 0.0602. The average molecular weight is 303 g/mol. The van der Waals surface area contributed by atoms with Gasteiger partial charge in [0.25, 0.3) is 5.91 Å². The highest BCUT2D eigenvalue weighted by molar-refractivity contribution is 7.13. The van der Waals surface area contributed by atoms with Crippen molar-refractivity contribution in [3.05, 3.63) is 41.4 Å². The summed E-state index contributed by atoms with van der Waals surface area (Å²) in [6.07, 6.45) is 0. The van der Waals surface area contributed by atoms with Gasteiger partial charge >= 0.3 is 0 Å². The fourth-order valence-corrected chi connectivity index (χ4v) is 2.86. The quantitative estimate of drug-likeness (QED) is 0.924. The van der Waals surface area contributed by atoms with Crippen LogP contribution in [0.4, 0.5) is 0 Å². The number of hydrogen-bond donors (Lipinski definition) is 1. The number of nitrogens with zero attached hydrogens (tertiary/aromatic N) is 2. The highest BCUT2D eigenvalue weighted by Crippen LogP contribution is 2.24. The van der Waals surface area contributed by atoms with E-state index in [1.807, 2.05) is 49.6 Å². The Labute approximate surface area is 129 Å². The largest absolute Gasteiger partial charge is 0.340 e. The van der Waals surface area contributed by atoms with Gasteiger partial charge in [0.05, 0.1) is 0 Å². The third-order valence-corrected chi connectivity index (χ3v) is 4.20. The number of hydrogen-bond acceptors (Lipinski definition) is 4. The summed E-state index contributed by atoms with van der Waals surface area (Å²) in [5, 5.41) is 2.68. The van der Waals surface area contributed by atoms with Gasteiger partial charge in [-0.15, -0.1) is 11.3 Å². The van der Waals surface area contributed by atoms with Gasteiger partial charge in [0.2, 0.25) is 0 Å². The molecule has 1 amide bonds. The first-order valence-electron chi connectivity index (χ1n) is 6.89. The second-order valence-corrected chi connectivity index (χ2v) is 6.79. The van der Waals surface area contributed by atoms with Gasteiger partial charge in [0.15, 0.2) is 0 Å². The van der Waals surface area contributed by atoms with Crippen molar-refractivity contribution in [3.8, 4) is 10.6 Å². The number of benzene rings is 1.